The third-order valence-electron chi connectivity index (χ3n) is 3.80. The highest BCUT2D eigenvalue weighted by atomic mass is 16.6. The summed E-state index contributed by atoms with van der Waals surface area (Å²) in [5.41, 5.74) is -1.33. The Kier molecular flexibility index (Phi) is 7.23. The van der Waals surface area contributed by atoms with Gasteiger partial charge in [0.2, 0.25) is 0 Å². The standard InChI is InChI=1S/C18H33NO5/c1-13(2)23-15(10-8-9-11-20)14-12-22-18(6,7)19(14)16(21)24-17(3,4)5/h11,13-15H,8-10,12H2,1-7H3/t14-,15+/m0/s1. The third-order valence-corrected chi connectivity index (χ3v) is 3.80. The molecular formula is C18H33NO5. The highest BCUT2D eigenvalue weighted by Crippen LogP contribution is 2.33. The van der Waals surface area contributed by atoms with Crippen LogP contribution in [0.25, 0.3) is 0 Å². The van der Waals surface area contributed by atoms with Gasteiger partial charge in [-0.05, 0) is 61.3 Å². The Morgan fingerprint density at radius 3 is 2.50 bits per heavy atom. The Morgan fingerprint density at radius 1 is 1.38 bits per heavy atom. The molecule has 0 aromatic rings. The fourth-order valence-electron chi connectivity index (χ4n) is 2.88. The van der Waals surface area contributed by atoms with Gasteiger partial charge in [-0.3, -0.25) is 4.90 Å². The number of carbonyl (C=O) groups excluding carboxylic acids is 2. The molecule has 0 spiro atoms. The molecule has 2 atom stereocenters. The van der Waals surface area contributed by atoms with E-state index < -0.39 is 17.4 Å². The summed E-state index contributed by atoms with van der Waals surface area (Å²) in [6.45, 7) is 13.6. The molecule has 6 heteroatoms. The van der Waals surface area contributed by atoms with Crippen molar-refractivity contribution in [2.75, 3.05) is 6.61 Å². The van der Waals surface area contributed by atoms with Crippen molar-refractivity contribution in [1.29, 1.82) is 0 Å². The molecule has 0 unspecified atom stereocenters. The van der Waals surface area contributed by atoms with E-state index in [1.165, 1.54) is 0 Å². The monoisotopic (exact) mass is 343 g/mol. The van der Waals surface area contributed by atoms with E-state index in [2.05, 4.69) is 0 Å². The third kappa shape index (κ3) is 6.06. The Labute approximate surface area is 145 Å². The summed E-state index contributed by atoms with van der Waals surface area (Å²) in [6.07, 6.45) is 2.24. The summed E-state index contributed by atoms with van der Waals surface area (Å²) < 4.78 is 17.4. The maximum atomic E-state index is 12.7. The Hall–Kier alpha value is -1.14. The van der Waals surface area contributed by atoms with E-state index >= 15 is 0 Å². The zero-order valence-corrected chi connectivity index (χ0v) is 16.1. The minimum absolute atomic E-state index is 0.0235. The van der Waals surface area contributed by atoms with Gasteiger partial charge in [-0.15, -0.1) is 0 Å². The number of nitrogens with zero attached hydrogens (tertiary/aromatic N) is 1. The quantitative estimate of drug-likeness (QED) is 0.523. The molecule has 0 bridgehead atoms. The number of rotatable bonds is 7. The van der Waals surface area contributed by atoms with E-state index in [0.717, 1.165) is 12.7 Å². The number of ether oxygens (including phenoxy) is 3. The first kappa shape index (κ1) is 20.9. The fraction of sp³-hybridized carbons (Fsp3) is 0.889. The Morgan fingerprint density at radius 2 is 2.00 bits per heavy atom. The van der Waals surface area contributed by atoms with Crippen LogP contribution in [-0.4, -0.2) is 53.5 Å². The van der Waals surface area contributed by atoms with Crippen LogP contribution in [0.4, 0.5) is 4.79 Å². The second kappa shape index (κ2) is 8.30. The summed E-state index contributed by atoms with van der Waals surface area (Å²) in [4.78, 5) is 25.0. The van der Waals surface area contributed by atoms with Crippen LogP contribution in [0.3, 0.4) is 0 Å². The van der Waals surface area contributed by atoms with Gasteiger partial charge in [0.15, 0.2) is 0 Å². The molecule has 1 aliphatic heterocycles. The molecule has 0 radical (unpaired) electrons. The van der Waals surface area contributed by atoms with E-state index in [-0.39, 0.29) is 18.2 Å². The van der Waals surface area contributed by atoms with Gasteiger partial charge in [0.05, 0.1) is 24.9 Å². The van der Waals surface area contributed by atoms with Crippen LogP contribution in [0.5, 0.6) is 0 Å². The molecule has 1 heterocycles. The minimum atomic E-state index is -0.754. The first-order valence-electron chi connectivity index (χ1n) is 8.73. The van der Waals surface area contributed by atoms with Crippen molar-refractivity contribution in [3.05, 3.63) is 0 Å². The Bertz CT molecular complexity index is 428. The summed E-state index contributed by atoms with van der Waals surface area (Å²) >= 11 is 0. The maximum Gasteiger partial charge on any atom is 0.412 e. The molecule has 0 aromatic heterocycles. The second-order valence-corrected chi connectivity index (χ2v) is 8.00. The number of hydrogen-bond donors (Lipinski definition) is 0. The van der Waals surface area contributed by atoms with Gasteiger partial charge in [-0.1, -0.05) is 0 Å². The summed E-state index contributed by atoms with van der Waals surface area (Å²) in [7, 11) is 0. The minimum Gasteiger partial charge on any atom is -0.444 e. The predicted molar refractivity (Wildman–Crippen MR) is 91.8 cm³/mol. The van der Waals surface area contributed by atoms with Crippen LogP contribution < -0.4 is 0 Å². The molecule has 0 saturated carbocycles. The van der Waals surface area contributed by atoms with Crippen molar-refractivity contribution in [3.63, 3.8) is 0 Å². The van der Waals surface area contributed by atoms with Crippen molar-refractivity contribution in [2.45, 2.75) is 97.3 Å². The lowest BCUT2D eigenvalue weighted by atomic mass is 10.0. The number of amides is 1. The van der Waals surface area contributed by atoms with Crippen molar-refractivity contribution >= 4 is 12.4 Å². The van der Waals surface area contributed by atoms with E-state index in [9.17, 15) is 9.59 Å². The summed E-state index contributed by atoms with van der Waals surface area (Å²) in [5, 5.41) is 0. The molecule has 0 N–H and O–H groups in total. The molecule has 0 aromatic carbocycles. The average molecular weight is 343 g/mol. The van der Waals surface area contributed by atoms with Crippen LogP contribution in [0, 0.1) is 0 Å². The smallest absolute Gasteiger partial charge is 0.412 e. The molecule has 6 nitrogen and oxygen atoms in total. The van der Waals surface area contributed by atoms with Crippen molar-refractivity contribution < 1.29 is 23.8 Å². The second-order valence-electron chi connectivity index (χ2n) is 8.00. The van der Waals surface area contributed by atoms with E-state index in [4.69, 9.17) is 14.2 Å². The molecule has 1 fully saturated rings. The number of unbranched alkanes of at least 4 members (excludes halogenated alkanes) is 1. The number of hydrogen-bond acceptors (Lipinski definition) is 5. The van der Waals surface area contributed by atoms with Gasteiger partial charge in [0, 0.05) is 6.42 Å². The Balaban J connectivity index is 2.96. The lowest BCUT2D eigenvalue weighted by molar-refractivity contribution is -0.108. The van der Waals surface area contributed by atoms with Crippen LogP contribution in [-0.2, 0) is 19.0 Å². The van der Waals surface area contributed by atoms with Crippen LogP contribution in [0.2, 0.25) is 0 Å². The zero-order valence-electron chi connectivity index (χ0n) is 16.1. The van der Waals surface area contributed by atoms with Crippen molar-refractivity contribution in [3.8, 4) is 0 Å². The normalized spacial score (nSPS) is 21.8. The van der Waals surface area contributed by atoms with Gasteiger partial charge in [0.1, 0.15) is 17.6 Å². The van der Waals surface area contributed by atoms with Crippen molar-refractivity contribution in [2.24, 2.45) is 0 Å². The summed E-state index contributed by atoms with van der Waals surface area (Å²) in [5.74, 6) is 0. The van der Waals surface area contributed by atoms with Gasteiger partial charge in [0.25, 0.3) is 0 Å². The molecular weight excluding hydrogens is 310 g/mol. The number of carbonyl (C=O) groups is 2. The predicted octanol–water partition coefficient (Wildman–Crippen LogP) is 3.52. The molecule has 24 heavy (non-hydrogen) atoms. The van der Waals surface area contributed by atoms with Crippen LogP contribution in [0.1, 0.15) is 67.7 Å². The molecule has 1 aliphatic rings. The molecule has 140 valence electrons. The van der Waals surface area contributed by atoms with E-state index in [1.54, 1.807) is 4.90 Å². The number of aldehydes is 1. The maximum absolute atomic E-state index is 12.7. The van der Waals surface area contributed by atoms with E-state index in [0.29, 0.717) is 19.4 Å². The van der Waals surface area contributed by atoms with E-state index in [1.807, 2.05) is 48.5 Å². The average Bonchev–Trinajstić information content (AvgIpc) is 2.71. The van der Waals surface area contributed by atoms with Gasteiger partial charge < -0.3 is 19.0 Å². The molecule has 0 aliphatic carbocycles. The zero-order chi connectivity index (χ0) is 18.5. The van der Waals surface area contributed by atoms with Crippen molar-refractivity contribution in [1.82, 2.24) is 4.90 Å². The molecule has 1 rings (SSSR count). The van der Waals surface area contributed by atoms with Crippen LogP contribution >= 0.6 is 0 Å². The van der Waals surface area contributed by atoms with Gasteiger partial charge in [-0.25, -0.2) is 4.79 Å². The topological polar surface area (TPSA) is 65.1 Å². The van der Waals surface area contributed by atoms with Crippen LogP contribution in [0.15, 0.2) is 0 Å². The lowest BCUT2D eigenvalue weighted by Crippen LogP contribution is -2.54. The first-order chi connectivity index (χ1) is 11.0. The first-order valence-corrected chi connectivity index (χ1v) is 8.73. The summed E-state index contributed by atoms with van der Waals surface area (Å²) in [6, 6.07) is -0.232. The molecule has 1 saturated heterocycles. The highest BCUT2D eigenvalue weighted by Gasteiger charge is 2.48. The SMILES string of the molecule is CC(C)O[C@H](CCCC=O)[C@@H]1COC(C)(C)N1C(=O)OC(C)(C)C. The lowest BCUT2D eigenvalue weighted by Gasteiger charge is -2.38. The largest absolute Gasteiger partial charge is 0.444 e. The van der Waals surface area contributed by atoms with Gasteiger partial charge >= 0.3 is 6.09 Å². The molecule has 1 amide bonds. The fourth-order valence-corrected chi connectivity index (χ4v) is 2.88. The highest BCUT2D eigenvalue weighted by molar-refractivity contribution is 5.70. The van der Waals surface area contributed by atoms with Gasteiger partial charge in [-0.2, -0.15) is 0 Å².